The van der Waals surface area contributed by atoms with Crippen molar-refractivity contribution in [3.05, 3.63) is 70.7 Å². The van der Waals surface area contributed by atoms with Crippen LogP contribution in [0.4, 0.5) is 0 Å². The predicted molar refractivity (Wildman–Crippen MR) is 84.8 cm³/mol. The molecule has 1 unspecified atom stereocenters. The molecule has 0 bridgehead atoms. The van der Waals surface area contributed by atoms with Crippen molar-refractivity contribution < 1.29 is 28.0 Å². The summed E-state index contributed by atoms with van der Waals surface area (Å²) in [5.74, 6) is 0. The standard InChI is InChI=1S/C14H9Cl2NO4S2/c15-12-8-6-10(7-9-12)13-17-14(11-4-2-1-3-5-11)23(22-13)21-16(18,19)20/h1-9H. The predicted octanol–water partition coefficient (Wildman–Crippen LogP) is 1.02. The van der Waals surface area contributed by atoms with Gasteiger partial charge >= 0.3 is 0 Å². The Hall–Kier alpha value is -0.900. The molecule has 1 heterocycles. The van der Waals surface area contributed by atoms with Crippen LogP contribution in [0.1, 0.15) is 11.1 Å². The molecule has 0 saturated carbocycles. The smallest absolute Gasteiger partial charge is 0.200 e. The van der Waals surface area contributed by atoms with Crippen LogP contribution < -0.4 is 14.0 Å². The molecule has 1 aliphatic heterocycles. The molecule has 0 amide bonds. The Morgan fingerprint density at radius 3 is 2.22 bits per heavy atom. The van der Waals surface area contributed by atoms with Crippen LogP contribution in [0.5, 0.6) is 0 Å². The molecule has 2 aromatic carbocycles. The molecule has 1 aliphatic rings. The number of aliphatic imine (C=N–C) groups is 1. The summed E-state index contributed by atoms with van der Waals surface area (Å²) in [6.45, 7) is 0. The summed E-state index contributed by atoms with van der Waals surface area (Å²) in [5, 5.41) is 1.16. The van der Waals surface area contributed by atoms with Gasteiger partial charge in [-0.05, 0) is 12.1 Å². The lowest BCUT2D eigenvalue weighted by atomic mass is 10.2. The number of benzene rings is 2. The van der Waals surface area contributed by atoms with E-state index in [0.29, 0.717) is 20.6 Å². The molecule has 0 spiro atoms. The quantitative estimate of drug-likeness (QED) is 0.575. The second-order valence-corrected chi connectivity index (χ2v) is 8.87. The van der Waals surface area contributed by atoms with Gasteiger partial charge in [0.25, 0.3) is 0 Å². The number of hydrogen-bond donors (Lipinski definition) is 0. The highest BCUT2D eigenvalue weighted by atomic mass is 35.7. The SMILES string of the molecule is [O-][Cl+3]([O-])([O-])OS1=C(c2ccccc2)N=C(c2ccc(Cl)cc2)S1. The lowest BCUT2D eigenvalue weighted by molar-refractivity contribution is -1.91. The van der Waals surface area contributed by atoms with Crippen molar-refractivity contribution >= 4 is 42.2 Å². The Balaban J connectivity index is 1.98. The zero-order valence-corrected chi connectivity index (χ0v) is 14.5. The van der Waals surface area contributed by atoms with E-state index in [-0.39, 0.29) is 0 Å². The maximum Gasteiger partial charge on any atom is 0.200 e. The molecule has 0 fully saturated rings. The van der Waals surface area contributed by atoms with Crippen LogP contribution in [0.3, 0.4) is 0 Å². The van der Waals surface area contributed by atoms with Crippen LogP contribution in [0.15, 0.2) is 59.6 Å². The van der Waals surface area contributed by atoms with Crippen LogP contribution in [0.2, 0.25) is 5.02 Å². The average Bonchev–Trinajstić information content (AvgIpc) is 2.90. The van der Waals surface area contributed by atoms with Gasteiger partial charge in [-0.15, -0.1) is 0 Å². The maximum atomic E-state index is 11.0. The van der Waals surface area contributed by atoms with Crippen LogP contribution in [-0.4, -0.2) is 10.0 Å². The molecule has 0 radical (unpaired) electrons. The summed E-state index contributed by atoms with van der Waals surface area (Å²) in [4.78, 5) is 4.87. The molecular weight excluding hydrogens is 381 g/mol. The van der Waals surface area contributed by atoms with Crippen molar-refractivity contribution in [2.75, 3.05) is 0 Å². The minimum Gasteiger partial charge on any atom is -0.230 e. The molecule has 120 valence electrons. The van der Waals surface area contributed by atoms with Crippen LogP contribution in [-0.2, 0) is 3.74 Å². The van der Waals surface area contributed by atoms with Gasteiger partial charge in [-0.25, -0.2) is 4.99 Å². The van der Waals surface area contributed by atoms with E-state index >= 15 is 0 Å². The van der Waals surface area contributed by atoms with Crippen LogP contribution >= 0.6 is 32.2 Å². The third kappa shape index (κ3) is 4.34. The van der Waals surface area contributed by atoms with E-state index in [2.05, 4.69) is 8.73 Å². The largest absolute Gasteiger partial charge is 0.230 e. The molecular formula is C14H9Cl2NO4S2. The molecule has 0 aromatic heterocycles. The minimum atomic E-state index is -4.55. The first-order valence-electron chi connectivity index (χ1n) is 6.23. The van der Waals surface area contributed by atoms with Gasteiger partial charge in [0, 0.05) is 26.9 Å². The number of nitrogens with zero attached hydrogens (tertiary/aromatic N) is 1. The molecule has 9 heteroatoms. The van der Waals surface area contributed by atoms with Gasteiger partial charge in [-0.3, -0.25) is 0 Å². The third-order valence-electron chi connectivity index (χ3n) is 2.76. The Labute approximate surface area is 145 Å². The zero-order chi connectivity index (χ0) is 16.4. The molecule has 0 aliphatic carbocycles. The van der Waals surface area contributed by atoms with Gasteiger partial charge in [0.05, 0.1) is 10.2 Å². The monoisotopic (exact) mass is 389 g/mol. The molecule has 0 N–H and O–H groups in total. The Kier molecular flexibility index (Phi) is 5.10. The van der Waals surface area contributed by atoms with Crippen molar-refractivity contribution in [2.24, 2.45) is 4.99 Å². The van der Waals surface area contributed by atoms with E-state index in [1.165, 1.54) is 0 Å². The highest BCUT2D eigenvalue weighted by Gasteiger charge is 2.33. The van der Waals surface area contributed by atoms with Gasteiger partial charge in [0.2, 0.25) is 9.80 Å². The van der Waals surface area contributed by atoms with Crippen molar-refractivity contribution in [1.29, 1.82) is 0 Å². The first kappa shape index (κ1) is 16.9. The second-order valence-electron chi connectivity index (χ2n) is 4.35. The zero-order valence-electron chi connectivity index (χ0n) is 11.3. The van der Waals surface area contributed by atoms with Crippen molar-refractivity contribution in [3.8, 4) is 0 Å². The molecule has 0 saturated heterocycles. The first-order valence-corrected chi connectivity index (χ1v) is 10.3. The number of rotatable bonds is 4. The van der Waals surface area contributed by atoms with Crippen molar-refractivity contribution in [2.45, 2.75) is 0 Å². The third-order valence-corrected chi connectivity index (χ3v) is 7.23. The highest BCUT2D eigenvalue weighted by molar-refractivity contribution is 8.87. The highest BCUT2D eigenvalue weighted by Crippen LogP contribution is 2.44. The van der Waals surface area contributed by atoms with E-state index in [1.807, 2.05) is 6.07 Å². The topological polar surface area (TPSA) is 90.8 Å². The lowest BCUT2D eigenvalue weighted by Gasteiger charge is -2.12. The summed E-state index contributed by atoms with van der Waals surface area (Å²) >= 11 is 5.86. The van der Waals surface area contributed by atoms with E-state index in [9.17, 15) is 14.0 Å². The maximum absolute atomic E-state index is 11.0. The minimum absolute atomic E-state index is 0.410. The van der Waals surface area contributed by atoms with Gasteiger partial charge < -0.3 is 0 Å². The fourth-order valence-corrected chi connectivity index (χ4v) is 6.25. The van der Waals surface area contributed by atoms with E-state index in [1.54, 1.807) is 48.5 Å². The normalized spacial score (nSPS) is 18.2. The van der Waals surface area contributed by atoms with Crippen LogP contribution in [0, 0.1) is 10.2 Å². The summed E-state index contributed by atoms with van der Waals surface area (Å²) in [5.41, 5.74) is 1.47. The van der Waals surface area contributed by atoms with Crippen LogP contribution in [0.25, 0.3) is 0 Å². The summed E-state index contributed by atoms with van der Waals surface area (Å²) in [6.07, 6.45) is 0. The van der Waals surface area contributed by atoms with E-state index < -0.39 is 20.0 Å². The summed E-state index contributed by atoms with van der Waals surface area (Å²) in [6, 6.07) is 16.0. The van der Waals surface area contributed by atoms with Crippen molar-refractivity contribution in [1.82, 2.24) is 0 Å². The molecule has 3 rings (SSSR count). The Morgan fingerprint density at radius 1 is 0.957 bits per heavy atom. The Morgan fingerprint density at radius 2 is 1.61 bits per heavy atom. The Bertz CT molecular complexity index is 774. The van der Waals surface area contributed by atoms with Gasteiger partial charge in [0.1, 0.15) is 13.8 Å². The molecule has 5 nitrogen and oxygen atoms in total. The average molecular weight is 390 g/mol. The lowest BCUT2D eigenvalue weighted by Crippen LogP contribution is -2.60. The fourth-order valence-electron chi connectivity index (χ4n) is 1.82. The van der Waals surface area contributed by atoms with Crippen molar-refractivity contribution in [3.63, 3.8) is 0 Å². The molecule has 1 atom stereocenters. The summed E-state index contributed by atoms with van der Waals surface area (Å²) in [7, 11) is -4.80. The van der Waals surface area contributed by atoms with E-state index in [0.717, 1.165) is 16.4 Å². The molecule has 23 heavy (non-hydrogen) atoms. The number of halogens is 2. The van der Waals surface area contributed by atoms with Gasteiger partial charge in [0.15, 0.2) is 0 Å². The molecule has 2 aromatic rings. The van der Waals surface area contributed by atoms with Gasteiger partial charge in [-0.2, -0.15) is 14.0 Å². The summed E-state index contributed by atoms with van der Waals surface area (Å²) < 4.78 is 37.5. The van der Waals surface area contributed by atoms with Gasteiger partial charge in [-0.1, -0.05) is 54.1 Å². The second kappa shape index (κ2) is 6.92. The number of hydrogen-bond acceptors (Lipinski definition) is 6. The van der Waals surface area contributed by atoms with E-state index in [4.69, 9.17) is 11.6 Å². The fraction of sp³-hybridized carbons (Fsp3) is 0. The first-order chi connectivity index (χ1) is 10.9.